The predicted molar refractivity (Wildman–Crippen MR) is 123 cm³/mol. The number of hydrogen-bond acceptors (Lipinski definition) is 2. The van der Waals surface area contributed by atoms with E-state index in [1.807, 2.05) is 44.2 Å². The quantitative estimate of drug-likeness (QED) is 0.644. The minimum absolute atomic E-state index is 0.0110. The van der Waals surface area contributed by atoms with Gasteiger partial charge in [0.1, 0.15) is 6.04 Å². The van der Waals surface area contributed by atoms with Gasteiger partial charge in [-0.1, -0.05) is 82.3 Å². The van der Waals surface area contributed by atoms with E-state index >= 15 is 0 Å². The third kappa shape index (κ3) is 6.72. The van der Waals surface area contributed by atoms with Gasteiger partial charge in [-0.25, -0.2) is 0 Å². The van der Waals surface area contributed by atoms with Crippen LogP contribution >= 0.6 is 0 Å². The Kier molecular flexibility index (Phi) is 8.64. The third-order valence-corrected chi connectivity index (χ3v) is 5.38. The summed E-state index contributed by atoms with van der Waals surface area (Å²) >= 11 is 0. The second-order valence-corrected chi connectivity index (χ2v) is 8.77. The van der Waals surface area contributed by atoms with Crippen molar-refractivity contribution < 1.29 is 9.59 Å². The fourth-order valence-electron chi connectivity index (χ4n) is 3.56. The molecule has 2 amide bonds. The van der Waals surface area contributed by atoms with Crippen LogP contribution in [0.1, 0.15) is 64.2 Å². The van der Waals surface area contributed by atoms with E-state index < -0.39 is 6.04 Å². The van der Waals surface area contributed by atoms with Crippen molar-refractivity contribution in [3.63, 3.8) is 0 Å². The van der Waals surface area contributed by atoms with Crippen LogP contribution in [-0.2, 0) is 28.0 Å². The lowest BCUT2D eigenvalue weighted by molar-refractivity contribution is -0.141. The van der Waals surface area contributed by atoms with E-state index in [0.717, 1.165) is 11.1 Å². The molecular weight excluding hydrogens is 372 g/mol. The van der Waals surface area contributed by atoms with Crippen LogP contribution in [0.25, 0.3) is 0 Å². The molecule has 2 aromatic carbocycles. The predicted octanol–water partition coefficient (Wildman–Crippen LogP) is 4.86. The molecule has 0 fully saturated rings. The monoisotopic (exact) mass is 408 g/mol. The minimum atomic E-state index is -0.457. The molecule has 4 nitrogen and oxygen atoms in total. The molecule has 0 aromatic heterocycles. The maximum atomic E-state index is 13.2. The van der Waals surface area contributed by atoms with Crippen LogP contribution in [0.4, 0.5) is 0 Å². The SMILES string of the molecule is CCNC(=O)C(CC)N(Cc1ccccc1)C(=O)CCc1ccc(C(C)(C)C)cc1. The van der Waals surface area contributed by atoms with Gasteiger partial charge in [0.15, 0.2) is 0 Å². The molecule has 0 saturated carbocycles. The van der Waals surface area contributed by atoms with Gasteiger partial charge in [0.05, 0.1) is 0 Å². The number of nitrogens with zero attached hydrogens (tertiary/aromatic N) is 1. The maximum absolute atomic E-state index is 13.2. The summed E-state index contributed by atoms with van der Waals surface area (Å²) in [6, 6.07) is 17.9. The molecule has 162 valence electrons. The maximum Gasteiger partial charge on any atom is 0.242 e. The zero-order valence-corrected chi connectivity index (χ0v) is 19.1. The summed E-state index contributed by atoms with van der Waals surface area (Å²) in [7, 11) is 0. The molecule has 0 aliphatic heterocycles. The molecular formula is C26H36N2O2. The topological polar surface area (TPSA) is 49.4 Å². The Morgan fingerprint density at radius 3 is 2.10 bits per heavy atom. The lowest BCUT2D eigenvalue weighted by Crippen LogP contribution is -2.49. The highest BCUT2D eigenvalue weighted by atomic mass is 16.2. The van der Waals surface area contributed by atoms with Crippen LogP contribution in [0.5, 0.6) is 0 Å². The number of nitrogens with one attached hydrogen (secondary N) is 1. The van der Waals surface area contributed by atoms with Gasteiger partial charge in [-0.3, -0.25) is 9.59 Å². The second kappa shape index (κ2) is 11.0. The second-order valence-electron chi connectivity index (χ2n) is 8.77. The zero-order chi connectivity index (χ0) is 22.1. The Morgan fingerprint density at radius 2 is 1.57 bits per heavy atom. The third-order valence-electron chi connectivity index (χ3n) is 5.38. The van der Waals surface area contributed by atoms with Gasteiger partial charge in [0, 0.05) is 19.5 Å². The van der Waals surface area contributed by atoms with Gasteiger partial charge in [-0.05, 0) is 41.9 Å². The Labute approximate surface area is 181 Å². The molecule has 2 rings (SSSR count). The molecule has 1 atom stereocenters. The highest BCUT2D eigenvalue weighted by molar-refractivity contribution is 5.87. The number of amides is 2. The highest BCUT2D eigenvalue weighted by Crippen LogP contribution is 2.23. The standard InChI is InChI=1S/C26H36N2O2/c1-6-23(25(30)27-7-2)28(19-21-11-9-8-10-12-21)24(29)18-15-20-13-16-22(17-14-20)26(3,4)5/h8-14,16-17,23H,6-7,15,18-19H2,1-5H3,(H,27,30). The average molecular weight is 409 g/mol. The molecule has 0 heterocycles. The Morgan fingerprint density at radius 1 is 0.933 bits per heavy atom. The molecule has 2 aromatic rings. The Bertz CT molecular complexity index is 807. The molecule has 30 heavy (non-hydrogen) atoms. The number of hydrogen-bond donors (Lipinski definition) is 1. The first-order valence-electron chi connectivity index (χ1n) is 11.0. The van der Waals surface area contributed by atoms with Gasteiger partial charge in [-0.15, -0.1) is 0 Å². The molecule has 1 unspecified atom stereocenters. The van der Waals surface area contributed by atoms with Crippen molar-refractivity contribution in [1.82, 2.24) is 10.2 Å². The summed E-state index contributed by atoms with van der Waals surface area (Å²) < 4.78 is 0. The molecule has 0 spiro atoms. The minimum Gasteiger partial charge on any atom is -0.355 e. The highest BCUT2D eigenvalue weighted by Gasteiger charge is 2.28. The first-order valence-corrected chi connectivity index (χ1v) is 11.0. The van der Waals surface area contributed by atoms with E-state index in [2.05, 4.69) is 50.4 Å². The molecule has 0 bridgehead atoms. The van der Waals surface area contributed by atoms with Crippen LogP contribution in [0, 0.1) is 0 Å². The first kappa shape index (κ1) is 23.7. The number of aryl methyl sites for hydroxylation is 1. The van der Waals surface area contributed by atoms with Gasteiger partial charge < -0.3 is 10.2 Å². The van der Waals surface area contributed by atoms with E-state index in [4.69, 9.17) is 0 Å². The fraction of sp³-hybridized carbons (Fsp3) is 0.462. The van der Waals surface area contributed by atoms with Gasteiger partial charge >= 0.3 is 0 Å². The van der Waals surface area contributed by atoms with E-state index in [1.165, 1.54) is 5.56 Å². The van der Waals surface area contributed by atoms with Crippen LogP contribution in [-0.4, -0.2) is 29.3 Å². The van der Waals surface area contributed by atoms with E-state index in [9.17, 15) is 9.59 Å². The smallest absolute Gasteiger partial charge is 0.242 e. The first-order chi connectivity index (χ1) is 14.3. The molecule has 0 saturated heterocycles. The van der Waals surface area contributed by atoms with Crippen molar-refractivity contribution in [1.29, 1.82) is 0 Å². The van der Waals surface area contributed by atoms with Crippen LogP contribution in [0.15, 0.2) is 54.6 Å². The lowest BCUT2D eigenvalue weighted by Gasteiger charge is -2.30. The zero-order valence-electron chi connectivity index (χ0n) is 19.1. The molecule has 1 N–H and O–H groups in total. The summed E-state index contributed by atoms with van der Waals surface area (Å²) in [6.45, 7) is 11.4. The van der Waals surface area contributed by atoms with E-state index in [-0.39, 0.29) is 17.2 Å². The van der Waals surface area contributed by atoms with Crippen LogP contribution in [0.3, 0.4) is 0 Å². The van der Waals surface area contributed by atoms with E-state index in [1.54, 1.807) is 4.90 Å². The Hall–Kier alpha value is -2.62. The van der Waals surface area contributed by atoms with Crippen molar-refractivity contribution in [2.75, 3.05) is 6.54 Å². The summed E-state index contributed by atoms with van der Waals surface area (Å²) in [6.07, 6.45) is 1.64. The molecule has 0 radical (unpaired) electrons. The van der Waals surface area contributed by atoms with Crippen LogP contribution in [0.2, 0.25) is 0 Å². The van der Waals surface area contributed by atoms with Gasteiger partial charge in [0.25, 0.3) is 0 Å². The fourth-order valence-corrected chi connectivity index (χ4v) is 3.56. The van der Waals surface area contributed by atoms with Crippen LogP contribution < -0.4 is 5.32 Å². The summed E-state index contributed by atoms with van der Waals surface area (Å²) in [5.74, 6) is -0.0735. The summed E-state index contributed by atoms with van der Waals surface area (Å²) in [5, 5.41) is 2.88. The van der Waals surface area contributed by atoms with Crippen molar-refractivity contribution in [2.24, 2.45) is 0 Å². The van der Waals surface area contributed by atoms with Crippen molar-refractivity contribution >= 4 is 11.8 Å². The number of carbonyl (C=O) groups excluding carboxylic acids is 2. The van der Waals surface area contributed by atoms with Crippen molar-refractivity contribution in [3.05, 3.63) is 71.3 Å². The summed E-state index contributed by atoms with van der Waals surface area (Å²) in [4.78, 5) is 27.6. The lowest BCUT2D eigenvalue weighted by atomic mass is 9.86. The Balaban J connectivity index is 2.14. The average Bonchev–Trinajstić information content (AvgIpc) is 2.72. The largest absolute Gasteiger partial charge is 0.355 e. The van der Waals surface area contributed by atoms with Gasteiger partial charge in [-0.2, -0.15) is 0 Å². The van der Waals surface area contributed by atoms with Crippen molar-refractivity contribution in [2.45, 2.75) is 71.9 Å². The van der Waals surface area contributed by atoms with E-state index in [0.29, 0.717) is 32.4 Å². The normalized spacial score (nSPS) is 12.3. The summed E-state index contributed by atoms with van der Waals surface area (Å²) in [5.41, 5.74) is 3.57. The molecule has 0 aliphatic rings. The molecule has 4 heteroatoms. The number of likely N-dealkylation sites (N-methyl/N-ethyl adjacent to an activating group) is 1. The van der Waals surface area contributed by atoms with Gasteiger partial charge in [0.2, 0.25) is 11.8 Å². The molecule has 0 aliphatic carbocycles. The number of benzene rings is 2. The number of carbonyl (C=O) groups is 2. The van der Waals surface area contributed by atoms with Crippen molar-refractivity contribution in [3.8, 4) is 0 Å². The number of rotatable bonds is 9.